The van der Waals surface area contributed by atoms with Crippen LogP contribution in [0.25, 0.3) is 0 Å². The molecule has 1 heterocycles. The molecule has 5 nitrogen and oxygen atoms in total. The minimum absolute atomic E-state index is 0.188. The Labute approximate surface area is 152 Å². The molecule has 2 N–H and O–H groups in total. The van der Waals surface area contributed by atoms with E-state index in [0.29, 0.717) is 11.3 Å². The topological polar surface area (TPSA) is 71.1 Å². The first-order valence-electron chi connectivity index (χ1n) is 8.24. The van der Waals surface area contributed by atoms with Crippen LogP contribution in [0, 0.1) is 13.8 Å². The number of pyridine rings is 1. The van der Waals surface area contributed by atoms with E-state index < -0.39 is 0 Å². The number of nitrogens with one attached hydrogen (secondary N) is 2. The second-order valence-electron chi connectivity index (χ2n) is 5.97. The third kappa shape index (κ3) is 3.95. The van der Waals surface area contributed by atoms with Gasteiger partial charge >= 0.3 is 0 Å². The molecular weight excluding hydrogens is 326 g/mol. The number of aromatic nitrogens is 1. The zero-order chi connectivity index (χ0) is 18.5. The van der Waals surface area contributed by atoms with Crippen molar-refractivity contribution in [3.05, 3.63) is 89.2 Å². The van der Waals surface area contributed by atoms with Crippen molar-refractivity contribution in [1.82, 2.24) is 4.98 Å². The number of nitrogens with zero attached hydrogens (tertiary/aromatic N) is 1. The van der Waals surface area contributed by atoms with Gasteiger partial charge in [0.15, 0.2) is 0 Å². The maximum atomic E-state index is 12.5. The molecule has 0 aliphatic heterocycles. The largest absolute Gasteiger partial charge is 0.322 e. The van der Waals surface area contributed by atoms with Crippen molar-refractivity contribution in [3.8, 4) is 0 Å². The number of aryl methyl sites for hydroxylation is 2. The highest BCUT2D eigenvalue weighted by molar-refractivity contribution is 6.08. The Hall–Kier alpha value is -3.47. The molecule has 0 unspecified atom stereocenters. The molecule has 3 aromatic rings. The Morgan fingerprint density at radius 2 is 1.50 bits per heavy atom. The van der Waals surface area contributed by atoms with Crippen LogP contribution in [0.3, 0.4) is 0 Å². The monoisotopic (exact) mass is 345 g/mol. The van der Waals surface area contributed by atoms with Crippen LogP contribution in [0.1, 0.15) is 32.0 Å². The van der Waals surface area contributed by atoms with Gasteiger partial charge in [0.1, 0.15) is 5.69 Å². The zero-order valence-corrected chi connectivity index (χ0v) is 14.6. The summed E-state index contributed by atoms with van der Waals surface area (Å²) in [5.74, 6) is -0.642. The van der Waals surface area contributed by atoms with Gasteiger partial charge in [-0.05, 0) is 49.2 Å². The summed E-state index contributed by atoms with van der Waals surface area (Å²) in [5.41, 5.74) is 3.95. The highest BCUT2D eigenvalue weighted by atomic mass is 16.2. The minimum Gasteiger partial charge on any atom is -0.322 e. The van der Waals surface area contributed by atoms with Gasteiger partial charge in [0.05, 0.1) is 0 Å². The Morgan fingerprint density at radius 1 is 0.808 bits per heavy atom. The van der Waals surface area contributed by atoms with Crippen molar-refractivity contribution in [1.29, 1.82) is 0 Å². The number of para-hydroxylation sites is 2. The number of carbonyl (C=O) groups excluding carboxylic acids is 2. The lowest BCUT2D eigenvalue weighted by molar-refractivity contribution is 0.102. The molecule has 0 radical (unpaired) electrons. The first-order valence-corrected chi connectivity index (χ1v) is 8.24. The average Bonchev–Trinajstić information content (AvgIpc) is 2.65. The van der Waals surface area contributed by atoms with Crippen molar-refractivity contribution >= 4 is 23.2 Å². The Balaban J connectivity index is 1.78. The Kier molecular flexibility index (Phi) is 5.08. The summed E-state index contributed by atoms with van der Waals surface area (Å²) in [5, 5.41) is 5.67. The number of benzene rings is 2. The summed E-state index contributed by atoms with van der Waals surface area (Å²) < 4.78 is 0. The first-order chi connectivity index (χ1) is 12.5. The molecule has 0 spiro atoms. The Morgan fingerprint density at radius 3 is 2.19 bits per heavy atom. The fraction of sp³-hybridized carbons (Fsp3) is 0.0952. The maximum Gasteiger partial charge on any atom is 0.274 e. The summed E-state index contributed by atoms with van der Waals surface area (Å²) >= 11 is 0. The van der Waals surface area contributed by atoms with Gasteiger partial charge < -0.3 is 10.6 Å². The van der Waals surface area contributed by atoms with E-state index in [2.05, 4.69) is 15.6 Å². The molecule has 0 aliphatic rings. The molecule has 0 bridgehead atoms. The second kappa shape index (κ2) is 7.61. The van der Waals surface area contributed by atoms with Crippen LogP contribution in [0.4, 0.5) is 11.4 Å². The summed E-state index contributed by atoms with van der Waals surface area (Å²) in [6.45, 7) is 3.86. The molecule has 0 aliphatic carbocycles. The van der Waals surface area contributed by atoms with E-state index in [4.69, 9.17) is 0 Å². The highest BCUT2D eigenvalue weighted by Gasteiger charge is 2.14. The van der Waals surface area contributed by atoms with E-state index >= 15 is 0 Å². The molecule has 2 amide bonds. The van der Waals surface area contributed by atoms with Crippen molar-refractivity contribution < 1.29 is 9.59 Å². The van der Waals surface area contributed by atoms with E-state index in [1.807, 2.05) is 50.2 Å². The van der Waals surface area contributed by atoms with Gasteiger partial charge in [-0.25, -0.2) is 0 Å². The first kappa shape index (κ1) is 17.4. The standard InChI is InChI=1S/C21H19N3O2/c1-14-7-6-8-15(2)19(14)24-21(26)18-13-16(11-12-22-18)20(25)23-17-9-4-3-5-10-17/h3-13H,1-2H3,(H,23,25)(H,24,26). The molecule has 0 fully saturated rings. The summed E-state index contributed by atoms with van der Waals surface area (Å²) in [7, 11) is 0. The maximum absolute atomic E-state index is 12.5. The van der Waals surface area contributed by atoms with Crippen LogP contribution >= 0.6 is 0 Å². The molecule has 130 valence electrons. The number of anilines is 2. The molecule has 1 aromatic heterocycles. The lowest BCUT2D eigenvalue weighted by atomic mass is 10.1. The smallest absolute Gasteiger partial charge is 0.274 e. The molecular formula is C21H19N3O2. The van der Waals surface area contributed by atoms with Crippen molar-refractivity contribution in [2.75, 3.05) is 10.6 Å². The molecule has 3 rings (SSSR count). The number of hydrogen-bond donors (Lipinski definition) is 2. The number of carbonyl (C=O) groups is 2. The van der Waals surface area contributed by atoms with Gasteiger partial charge in [0, 0.05) is 23.1 Å². The van der Waals surface area contributed by atoms with Gasteiger partial charge in [-0.3, -0.25) is 14.6 Å². The van der Waals surface area contributed by atoms with Crippen LogP contribution in [-0.2, 0) is 0 Å². The zero-order valence-electron chi connectivity index (χ0n) is 14.6. The van der Waals surface area contributed by atoms with Crippen LogP contribution in [0.15, 0.2) is 66.9 Å². The van der Waals surface area contributed by atoms with Crippen molar-refractivity contribution in [2.24, 2.45) is 0 Å². The average molecular weight is 345 g/mol. The molecule has 5 heteroatoms. The quantitative estimate of drug-likeness (QED) is 0.744. The van der Waals surface area contributed by atoms with Gasteiger partial charge in [-0.2, -0.15) is 0 Å². The second-order valence-corrected chi connectivity index (χ2v) is 5.97. The number of hydrogen-bond acceptors (Lipinski definition) is 3. The lowest BCUT2D eigenvalue weighted by Crippen LogP contribution is -2.17. The third-order valence-electron chi connectivity index (χ3n) is 4.01. The van der Waals surface area contributed by atoms with E-state index in [1.165, 1.54) is 12.3 Å². The van der Waals surface area contributed by atoms with E-state index in [-0.39, 0.29) is 17.5 Å². The van der Waals surface area contributed by atoms with Gasteiger partial charge in [0.2, 0.25) is 0 Å². The predicted octanol–water partition coefficient (Wildman–Crippen LogP) is 4.20. The molecule has 26 heavy (non-hydrogen) atoms. The van der Waals surface area contributed by atoms with Gasteiger partial charge in [0.25, 0.3) is 11.8 Å². The molecule has 0 atom stereocenters. The molecule has 2 aromatic carbocycles. The fourth-order valence-electron chi connectivity index (χ4n) is 2.61. The van der Waals surface area contributed by atoms with Crippen LogP contribution < -0.4 is 10.6 Å². The summed E-state index contributed by atoms with van der Waals surface area (Å²) in [6.07, 6.45) is 1.46. The van der Waals surface area contributed by atoms with Gasteiger partial charge in [-0.15, -0.1) is 0 Å². The van der Waals surface area contributed by atoms with E-state index in [0.717, 1.165) is 16.8 Å². The highest BCUT2D eigenvalue weighted by Crippen LogP contribution is 2.20. The third-order valence-corrected chi connectivity index (χ3v) is 4.01. The molecule has 0 saturated heterocycles. The molecule has 0 saturated carbocycles. The normalized spacial score (nSPS) is 10.2. The van der Waals surface area contributed by atoms with E-state index in [9.17, 15) is 9.59 Å². The van der Waals surface area contributed by atoms with Crippen LogP contribution in [0.2, 0.25) is 0 Å². The van der Waals surface area contributed by atoms with Crippen LogP contribution in [0.5, 0.6) is 0 Å². The van der Waals surface area contributed by atoms with Gasteiger partial charge in [-0.1, -0.05) is 36.4 Å². The van der Waals surface area contributed by atoms with E-state index in [1.54, 1.807) is 18.2 Å². The van der Waals surface area contributed by atoms with Crippen LogP contribution in [-0.4, -0.2) is 16.8 Å². The SMILES string of the molecule is Cc1cccc(C)c1NC(=O)c1cc(C(=O)Nc2ccccc2)ccn1. The minimum atomic E-state index is -0.350. The number of rotatable bonds is 4. The van der Waals surface area contributed by atoms with Crippen molar-refractivity contribution in [3.63, 3.8) is 0 Å². The Bertz CT molecular complexity index is 932. The number of amides is 2. The lowest BCUT2D eigenvalue weighted by Gasteiger charge is -2.11. The fourth-order valence-corrected chi connectivity index (χ4v) is 2.61. The van der Waals surface area contributed by atoms with Crippen molar-refractivity contribution in [2.45, 2.75) is 13.8 Å². The summed E-state index contributed by atoms with van der Waals surface area (Å²) in [4.78, 5) is 29.0. The predicted molar refractivity (Wildman–Crippen MR) is 103 cm³/mol. The summed E-state index contributed by atoms with van der Waals surface area (Å²) in [6, 6.07) is 18.0.